The van der Waals surface area contributed by atoms with Gasteiger partial charge in [-0.25, -0.2) is 4.98 Å². The highest BCUT2D eigenvalue weighted by Gasteiger charge is 2.21. The summed E-state index contributed by atoms with van der Waals surface area (Å²) in [4.78, 5) is 25.2. The van der Waals surface area contributed by atoms with Crippen LogP contribution in [0.25, 0.3) is 21.7 Å². The van der Waals surface area contributed by atoms with Crippen molar-refractivity contribution in [2.45, 2.75) is 19.3 Å². The average molecular weight is 269 g/mol. The molecule has 1 aliphatic rings. The number of hydrogen-bond acceptors (Lipinski definition) is 4. The van der Waals surface area contributed by atoms with Crippen molar-refractivity contribution in [3.05, 3.63) is 45.2 Å². The molecule has 0 unspecified atom stereocenters. The first-order chi connectivity index (χ1) is 9.33. The monoisotopic (exact) mass is 269 g/mol. The third kappa shape index (κ3) is 1.62. The Morgan fingerprint density at radius 3 is 3.05 bits per heavy atom. The van der Waals surface area contributed by atoms with Crippen molar-refractivity contribution in [1.82, 2.24) is 15.0 Å². The van der Waals surface area contributed by atoms with Crippen LogP contribution in [0.3, 0.4) is 0 Å². The molecule has 0 spiro atoms. The third-order valence-corrected chi connectivity index (χ3v) is 4.74. The third-order valence-electron chi connectivity index (χ3n) is 3.46. The standard InChI is InChI=1S/C14H11N3OS/c18-14-12-11(8-4-3-6-10(8)19-12)16-13(17-14)9-5-1-2-7-15-9/h1-2,5,7H,3-4,6H2,(H,16,17,18). The van der Waals surface area contributed by atoms with E-state index in [0.717, 1.165) is 23.1 Å². The highest BCUT2D eigenvalue weighted by molar-refractivity contribution is 7.19. The molecule has 0 radical (unpaired) electrons. The molecule has 1 N–H and O–H groups in total. The number of H-pyrrole nitrogens is 1. The molecule has 0 saturated carbocycles. The number of pyridine rings is 1. The Kier molecular flexibility index (Phi) is 2.29. The normalized spacial score (nSPS) is 13.9. The first-order valence-corrected chi connectivity index (χ1v) is 7.10. The van der Waals surface area contributed by atoms with Crippen molar-refractivity contribution >= 4 is 21.6 Å². The van der Waals surface area contributed by atoms with Gasteiger partial charge in [-0.2, -0.15) is 0 Å². The summed E-state index contributed by atoms with van der Waals surface area (Å²) >= 11 is 1.59. The predicted molar refractivity (Wildman–Crippen MR) is 75.5 cm³/mol. The molecule has 0 aromatic carbocycles. The molecule has 0 saturated heterocycles. The quantitative estimate of drug-likeness (QED) is 0.738. The largest absolute Gasteiger partial charge is 0.304 e. The molecule has 3 aromatic rings. The van der Waals surface area contributed by atoms with Crippen molar-refractivity contribution in [3.8, 4) is 11.5 Å². The lowest BCUT2D eigenvalue weighted by atomic mass is 10.2. The fourth-order valence-electron chi connectivity index (χ4n) is 2.59. The van der Waals surface area contributed by atoms with Crippen LogP contribution < -0.4 is 5.56 Å². The predicted octanol–water partition coefficient (Wildman–Crippen LogP) is 2.54. The van der Waals surface area contributed by atoms with Gasteiger partial charge in [0, 0.05) is 11.1 Å². The number of nitrogens with one attached hydrogen (secondary N) is 1. The molecule has 4 nitrogen and oxygen atoms in total. The van der Waals surface area contributed by atoms with Crippen molar-refractivity contribution in [2.75, 3.05) is 0 Å². The Morgan fingerprint density at radius 1 is 1.26 bits per heavy atom. The van der Waals surface area contributed by atoms with Crippen molar-refractivity contribution in [2.24, 2.45) is 0 Å². The lowest BCUT2D eigenvalue weighted by Crippen LogP contribution is -2.08. The maximum Gasteiger partial charge on any atom is 0.269 e. The summed E-state index contributed by atoms with van der Waals surface area (Å²) in [5.41, 5.74) is 2.80. The summed E-state index contributed by atoms with van der Waals surface area (Å²) < 4.78 is 0.754. The highest BCUT2D eigenvalue weighted by atomic mass is 32.1. The first-order valence-electron chi connectivity index (χ1n) is 6.29. The van der Waals surface area contributed by atoms with Gasteiger partial charge in [-0.15, -0.1) is 11.3 Å². The molecular weight excluding hydrogens is 258 g/mol. The van der Waals surface area contributed by atoms with Crippen LogP contribution in [0.2, 0.25) is 0 Å². The second kappa shape index (κ2) is 3.99. The Bertz CT molecular complexity index is 820. The minimum absolute atomic E-state index is 0.0509. The molecule has 94 valence electrons. The summed E-state index contributed by atoms with van der Waals surface area (Å²) in [6.07, 6.45) is 4.99. The van der Waals surface area contributed by atoms with Crippen LogP contribution in [-0.2, 0) is 12.8 Å². The Hall–Kier alpha value is -2.01. The molecule has 4 rings (SSSR count). The van der Waals surface area contributed by atoms with Gasteiger partial charge in [0.1, 0.15) is 10.4 Å². The molecule has 3 aromatic heterocycles. The fourth-order valence-corrected chi connectivity index (χ4v) is 3.81. The molecule has 0 atom stereocenters. The second-order valence-corrected chi connectivity index (χ2v) is 5.77. The second-order valence-electron chi connectivity index (χ2n) is 4.66. The van der Waals surface area contributed by atoms with Crippen LogP contribution in [0, 0.1) is 0 Å². The van der Waals surface area contributed by atoms with Crippen LogP contribution >= 0.6 is 11.3 Å². The van der Waals surface area contributed by atoms with Gasteiger partial charge in [-0.05, 0) is 37.0 Å². The van der Waals surface area contributed by atoms with Gasteiger partial charge in [0.15, 0.2) is 5.82 Å². The van der Waals surface area contributed by atoms with E-state index in [1.807, 2.05) is 18.2 Å². The molecule has 0 amide bonds. The zero-order valence-corrected chi connectivity index (χ0v) is 11.0. The van der Waals surface area contributed by atoms with Gasteiger partial charge < -0.3 is 4.98 Å². The van der Waals surface area contributed by atoms with Gasteiger partial charge in [-0.1, -0.05) is 6.07 Å². The number of aromatic amines is 1. The SMILES string of the molecule is O=c1[nH]c(-c2ccccn2)nc2c3c(sc12)CCC3. The van der Waals surface area contributed by atoms with Crippen molar-refractivity contribution in [3.63, 3.8) is 0 Å². The molecule has 5 heteroatoms. The van der Waals surface area contributed by atoms with Crippen LogP contribution in [0.15, 0.2) is 29.2 Å². The van der Waals surface area contributed by atoms with E-state index in [-0.39, 0.29) is 5.56 Å². The van der Waals surface area contributed by atoms with Gasteiger partial charge in [0.2, 0.25) is 0 Å². The number of aryl methyl sites for hydroxylation is 2. The van der Waals surface area contributed by atoms with E-state index in [0.29, 0.717) is 11.5 Å². The molecular formula is C14H11N3OS. The minimum atomic E-state index is -0.0509. The smallest absolute Gasteiger partial charge is 0.269 e. The van der Waals surface area contributed by atoms with E-state index < -0.39 is 0 Å². The molecule has 0 fully saturated rings. The Morgan fingerprint density at radius 2 is 2.21 bits per heavy atom. The number of fused-ring (bicyclic) bond motifs is 3. The number of thiophene rings is 1. The Balaban J connectivity index is 2.02. The van der Waals surface area contributed by atoms with Crippen LogP contribution in [0.5, 0.6) is 0 Å². The lowest BCUT2D eigenvalue weighted by Gasteiger charge is -2.00. The van der Waals surface area contributed by atoms with Gasteiger partial charge >= 0.3 is 0 Å². The van der Waals surface area contributed by atoms with Crippen LogP contribution in [0.1, 0.15) is 16.9 Å². The van der Waals surface area contributed by atoms with Gasteiger partial charge in [0.25, 0.3) is 5.56 Å². The maximum absolute atomic E-state index is 12.2. The van der Waals surface area contributed by atoms with E-state index in [9.17, 15) is 4.79 Å². The van der Waals surface area contributed by atoms with E-state index in [1.54, 1.807) is 17.5 Å². The van der Waals surface area contributed by atoms with Crippen molar-refractivity contribution in [1.29, 1.82) is 0 Å². The minimum Gasteiger partial charge on any atom is -0.304 e. The molecule has 19 heavy (non-hydrogen) atoms. The number of aromatic nitrogens is 3. The van der Waals surface area contributed by atoms with Crippen LogP contribution in [-0.4, -0.2) is 15.0 Å². The van der Waals surface area contributed by atoms with Gasteiger partial charge in [-0.3, -0.25) is 9.78 Å². The van der Waals surface area contributed by atoms with E-state index >= 15 is 0 Å². The van der Waals surface area contributed by atoms with E-state index in [2.05, 4.69) is 15.0 Å². The molecule has 0 aliphatic heterocycles. The van der Waals surface area contributed by atoms with E-state index in [4.69, 9.17) is 0 Å². The fraction of sp³-hybridized carbons (Fsp3) is 0.214. The zero-order valence-electron chi connectivity index (χ0n) is 10.1. The summed E-state index contributed by atoms with van der Waals surface area (Å²) in [5.74, 6) is 0.561. The highest BCUT2D eigenvalue weighted by Crippen LogP contribution is 2.34. The zero-order chi connectivity index (χ0) is 12.8. The summed E-state index contributed by atoms with van der Waals surface area (Å²) in [6.45, 7) is 0. The average Bonchev–Trinajstić information content (AvgIpc) is 3.01. The van der Waals surface area contributed by atoms with Crippen molar-refractivity contribution < 1.29 is 0 Å². The van der Waals surface area contributed by atoms with Gasteiger partial charge in [0.05, 0.1) is 5.52 Å². The lowest BCUT2D eigenvalue weighted by molar-refractivity contribution is 0.916. The number of hydrogen-bond donors (Lipinski definition) is 1. The van der Waals surface area contributed by atoms with E-state index in [1.165, 1.54) is 16.9 Å². The summed E-state index contributed by atoms with van der Waals surface area (Å²) in [6, 6.07) is 5.60. The van der Waals surface area contributed by atoms with Crippen LogP contribution in [0.4, 0.5) is 0 Å². The summed E-state index contributed by atoms with van der Waals surface area (Å²) in [5, 5.41) is 0. The Labute approximate surface area is 113 Å². The topological polar surface area (TPSA) is 58.6 Å². The molecule has 1 aliphatic carbocycles. The first kappa shape index (κ1) is 10.9. The number of rotatable bonds is 1. The molecule has 3 heterocycles. The maximum atomic E-state index is 12.2. The summed E-state index contributed by atoms with van der Waals surface area (Å²) in [7, 11) is 0. The number of nitrogens with zero attached hydrogens (tertiary/aromatic N) is 2. The molecule has 0 bridgehead atoms.